The van der Waals surface area contributed by atoms with Crippen molar-refractivity contribution in [1.82, 2.24) is 0 Å². The number of methoxy groups -OCH3 is 1. The molecule has 0 aromatic heterocycles. The van der Waals surface area contributed by atoms with Gasteiger partial charge in [-0.1, -0.05) is 19.1 Å². The highest BCUT2D eigenvalue weighted by molar-refractivity contribution is 6.37. The van der Waals surface area contributed by atoms with Crippen molar-refractivity contribution < 1.29 is 14.3 Å². The number of carbonyl (C=O) groups excluding carboxylic acids is 2. The number of hydrogen-bond donors (Lipinski definition) is 1. The average Bonchev–Trinajstić information content (AvgIpc) is 2.28. The van der Waals surface area contributed by atoms with Crippen molar-refractivity contribution >= 4 is 17.6 Å². The topological polar surface area (TPSA) is 55.4 Å². The van der Waals surface area contributed by atoms with Gasteiger partial charge in [-0.25, -0.2) is 4.79 Å². The molecule has 1 aromatic carbocycles. The van der Waals surface area contributed by atoms with Crippen molar-refractivity contribution in [2.45, 2.75) is 13.3 Å². The summed E-state index contributed by atoms with van der Waals surface area (Å²) in [5.41, 5.74) is 1.70. The molecule has 0 unspecified atom stereocenters. The van der Waals surface area contributed by atoms with E-state index in [0.717, 1.165) is 12.0 Å². The Morgan fingerprint density at radius 2 is 2.13 bits per heavy atom. The van der Waals surface area contributed by atoms with Gasteiger partial charge >= 0.3 is 11.9 Å². The van der Waals surface area contributed by atoms with E-state index in [1.54, 1.807) is 6.07 Å². The zero-order valence-corrected chi connectivity index (χ0v) is 8.74. The third kappa shape index (κ3) is 3.09. The average molecular weight is 207 g/mol. The molecule has 0 radical (unpaired) electrons. The molecule has 0 saturated carbocycles. The zero-order valence-electron chi connectivity index (χ0n) is 8.74. The van der Waals surface area contributed by atoms with E-state index >= 15 is 0 Å². The number of esters is 1. The number of ether oxygens (including phenoxy) is 1. The first kappa shape index (κ1) is 11.2. The molecular formula is C11H13NO3. The molecule has 0 saturated heterocycles. The number of hydrogen-bond acceptors (Lipinski definition) is 3. The van der Waals surface area contributed by atoms with Crippen molar-refractivity contribution in [3.8, 4) is 0 Å². The highest BCUT2D eigenvalue weighted by atomic mass is 16.5. The predicted molar refractivity (Wildman–Crippen MR) is 56.5 cm³/mol. The second kappa shape index (κ2) is 5.14. The van der Waals surface area contributed by atoms with Crippen molar-refractivity contribution in [3.63, 3.8) is 0 Å². The summed E-state index contributed by atoms with van der Waals surface area (Å²) in [6, 6.07) is 7.32. The highest BCUT2D eigenvalue weighted by Crippen LogP contribution is 2.10. The molecule has 0 aliphatic carbocycles. The second-order valence-corrected chi connectivity index (χ2v) is 3.00. The van der Waals surface area contributed by atoms with Crippen molar-refractivity contribution in [1.29, 1.82) is 0 Å². The number of amides is 1. The predicted octanol–water partition coefficient (Wildman–Crippen LogP) is 1.36. The van der Waals surface area contributed by atoms with Gasteiger partial charge in [-0.15, -0.1) is 0 Å². The first-order valence-corrected chi connectivity index (χ1v) is 4.65. The van der Waals surface area contributed by atoms with Crippen LogP contribution in [-0.2, 0) is 20.7 Å². The lowest BCUT2D eigenvalue weighted by atomic mass is 10.1. The van der Waals surface area contributed by atoms with E-state index in [4.69, 9.17) is 0 Å². The normalized spacial score (nSPS) is 9.47. The van der Waals surface area contributed by atoms with Gasteiger partial charge in [0.2, 0.25) is 0 Å². The smallest absolute Gasteiger partial charge is 0.396 e. The zero-order chi connectivity index (χ0) is 11.3. The van der Waals surface area contributed by atoms with E-state index in [0.29, 0.717) is 5.69 Å². The number of rotatable bonds is 2. The lowest BCUT2D eigenvalue weighted by Gasteiger charge is -2.04. The fourth-order valence-corrected chi connectivity index (χ4v) is 1.14. The van der Waals surface area contributed by atoms with Crippen LogP contribution >= 0.6 is 0 Å². The van der Waals surface area contributed by atoms with Crippen LogP contribution in [0.25, 0.3) is 0 Å². The summed E-state index contributed by atoms with van der Waals surface area (Å²) in [7, 11) is 1.17. The summed E-state index contributed by atoms with van der Waals surface area (Å²) >= 11 is 0. The van der Waals surface area contributed by atoms with Crippen LogP contribution in [0.15, 0.2) is 24.3 Å². The third-order valence-electron chi connectivity index (χ3n) is 1.96. The molecule has 0 fully saturated rings. The minimum atomic E-state index is -0.892. The van der Waals surface area contributed by atoms with Crippen LogP contribution in [0.4, 0.5) is 5.69 Å². The van der Waals surface area contributed by atoms with Crippen molar-refractivity contribution in [2.75, 3.05) is 12.4 Å². The number of carbonyl (C=O) groups is 2. The van der Waals surface area contributed by atoms with Crippen LogP contribution in [0.2, 0.25) is 0 Å². The number of aryl methyl sites for hydroxylation is 1. The van der Waals surface area contributed by atoms with Gasteiger partial charge in [-0.05, 0) is 24.1 Å². The molecule has 80 valence electrons. The van der Waals surface area contributed by atoms with Gasteiger partial charge in [0.1, 0.15) is 0 Å². The molecule has 0 atom stereocenters. The van der Waals surface area contributed by atoms with Gasteiger partial charge in [-0.3, -0.25) is 4.79 Å². The summed E-state index contributed by atoms with van der Waals surface area (Å²) in [5, 5.41) is 2.45. The summed E-state index contributed by atoms with van der Waals surface area (Å²) in [4.78, 5) is 22.0. The largest absolute Gasteiger partial charge is 0.462 e. The standard InChI is InChI=1S/C11H13NO3/c1-3-8-5-4-6-9(7-8)12-10(13)11(14)15-2/h4-7H,3H2,1-2H3,(H,12,13). The van der Waals surface area contributed by atoms with Crippen LogP contribution in [0, 0.1) is 0 Å². The summed E-state index contributed by atoms with van der Waals surface area (Å²) in [5.74, 6) is -1.65. The molecule has 1 amide bonds. The van der Waals surface area contributed by atoms with E-state index in [2.05, 4.69) is 10.1 Å². The Labute approximate surface area is 88.2 Å². The molecule has 1 aromatic rings. The first-order valence-electron chi connectivity index (χ1n) is 4.65. The maximum atomic E-state index is 11.2. The summed E-state index contributed by atoms with van der Waals surface area (Å²) < 4.78 is 4.29. The Bertz CT molecular complexity index is 374. The lowest BCUT2D eigenvalue weighted by Crippen LogP contribution is -2.23. The Balaban J connectivity index is 2.72. The van der Waals surface area contributed by atoms with E-state index in [-0.39, 0.29) is 0 Å². The van der Waals surface area contributed by atoms with E-state index in [1.807, 2.05) is 25.1 Å². The molecule has 0 heterocycles. The third-order valence-corrected chi connectivity index (χ3v) is 1.96. The number of nitrogens with one attached hydrogen (secondary N) is 1. The number of anilines is 1. The molecule has 0 bridgehead atoms. The monoisotopic (exact) mass is 207 g/mol. The van der Waals surface area contributed by atoms with Crippen LogP contribution in [0.1, 0.15) is 12.5 Å². The van der Waals surface area contributed by atoms with Gasteiger partial charge in [-0.2, -0.15) is 0 Å². The van der Waals surface area contributed by atoms with Crippen LogP contribution in [0.3, 0.4) is 0 Å². The maximum absolute atomic E-state index is 11.2. The van der Waals surface area contributed by atoms with Crippen LogP contribution in [-0.4, -0.2) is 19.0 Å². The molecule has 15 heavy (non-hydrogen) atoms. The van der Waals surface area contributed by atoms with Gasteiger partial charge in [0.15, 0.2) is 0 Å². The molecule has 4 heteroatoms. The SMILES string of the molecule is CCc1cccc(NC(=O)C(=O)OC)c1. The van der Waals surface area contributed by atoms with Gasteiger partial charge in [0, 0.05) is 5.69 Å². The Hall–Kier alpha value is -1.84. The molecule has 1 N–H and O–H groups in total. The van der Waals surface area contributed by atoms with Gasteiger partial charge < -0.3 is 10.1 Å². The lowest BCUT2D eigenvalue weighted by molar-refractivity contribution is -0.150. The molecule has 1 rings (SSSR count). The molecule has 0 spiro atoms. The summed E-state index contributed by atoms with van der Waals surface area (Å²) in [6.07, 6.45) is 0.877. The fourth-order valence-electron chi connectivity index (χ4n) is 1.14. The van der Waals surface area contributed by atoms with E-state index < -0.39 is 11.9 Å². The fraction of sp³-hybridized carbons (Fsp3) is 0.273. The maximum Gasteiger partial charge on any atom is 0.396 e. The van der Waals surface area contributed by atoms with E-state index in [9.17, 15) is 9.59 Å². The van der Waals surface area contributed by atoms with Crippen LogP contribution < -0.4 is 5.32 Å². The van der Waals surface area contributed by atoms with Crippen LogP contribution in [0.5, 0.6) is 0 Å². The molecule has 4 nitrogen and oxygen atoms in total. The molecule has 0 aliphatic heterocycles. The van der Waals surface area contributed by atoms with Gasteiger partial charge in [0.05, 0.1) is 7.11 Å². The highest BCUT2D eigenvalue weighted by Gasteiger charge is 2.13. The summed E-state index contributed by atoms with van der Waals surface area (Å²) in [6.45, 7) is 2.02. The van der Waals surface area contributed by atoms with Crippen molar-refractivity contribution in [3.05, 3.63) is 29.8 Å². The van der Waals surface area contributed by atoms with Crippen molar-refractivity contribution in [2.24, 2.45) is 0 Å². The van der Waals surface area contributed by atoms with E-state index in [1.165, 1.54) is 7.11 Å². The molecular weight excluding hydrogens is 194 g/mol. The second-order valence-electron chi connectivity index (χ2n) is 3.00. The number of benzene rings is 1. The minimum Gasteiger partial charge on any atom is -0.462 e. The Morgan fingerprint density at radius 1 is 1.40 bits per heavy atom. The Kier molecular flexibility index (Phi) is 3.85. The van der Waals surface area contributed by atoms with Gasteiger partial charge in [0.25, 0.3) is 0 Å². The molecule has 0 aliphatic rings. The first-order chi connectivity index (χ1) is 7.17. The minimum absolute atomic E-state index is 0.602. The Morgan fingerprint density at radius 3 is 2.73 bits per heavy atom. The quantitative estimate of drug-likeness (QED) is 0.588.